The summed E-state index contributed by atoms with van der Waals surface area (Å²) in [5, 5.41) is 12.3. The zero-order valence-corrected chi connectivity index (χ0v) is 11.8. The van der Waals surface area contributed by atoms with Crippen LogP contribution in [0.1, 0.15) is 10.4 Å². The van der Waals surface area contributed by atoms with Gasteiger partial charge in [0.2, 0.25) is 0 Å². The first-order valence-corrected chi connectivity index (χ1v) is 6.62. The second kappa shape index (κ2) is 5.90. The van der Waals surface area contributed by atoms with Gasteiger partial charge in [-0.2, -0.15) is 0 Å². The van der Waals surface area contributed by atoms with Crippen LogP contribution in [0.15, 0.2) is 42.7 Å². The number of carbonyl (C=O) groups excluding carboxylic acids is 1. The van der Waals surface area contributed by atoms with E-state index in [-0.39, 0.29) is 11.7 Å². The molecule has 1 aromatic heterocycles. The summed E-state index contributed by atoms with van der Waals surface area (Å²) in [4.78, 5) is 11.8. The van der Waals surface area contributed by atoms with Crippen molar-refractivity contribution in [3.8, 4) is 5.75 Å². The number of aromatic hydroxyl groups is 1. The molecule has 1 aromatic carbocycles. The fourth-order valence-electron chi connectivity index (χ4n) is 1.57. The largest absolute Gasteiger partial charge is 0.507 e. The molecule has 0 saturated carbocycles. The van der Waals surface area contributed by atoms with Crippen molar-refractivity contribution in [3.05, 3.63) is 51.9 Å². The van der Waals surface area contributed by atoms with Gasteiger partial charge in [-0.15, -0.1) is 0 Å². The maximum Gasteiger partial charge on any atom is 0.251 e. The molecule has 0 radical (unpaired) electrons. The lowest BCUT2D eigenvalue weighted by atomic mass is 10.2. The molecule has 4 nitrogen and oxygen atoms in total. The van der Waals surface area contributed by atoms with E-state index in [9.17, 15) is 9.90 Å². The topological polar surface area (TPSA) is 54.3 Å². The molecule has 18 heavy (non-hydrogen) atoms. The molecule has 1 amide bonds. The molecule has 0 aliphatic rings. The van der Waals surface area contributed by atoms with E-state index >= 15 is 0 Å². The summed E-state index contributed by atoms with van der Waals surface area (Å²) in [6, 6.07) is 8.79. The number of rotatable bonds is 4. The van der Waals surface area contributed by atoms with Crippen LogP contribution in [0.3, 0.4) is 0 Å². The zero-order valence-electron chi connectivity index (χ0n) is 9.64. The first-order chi connectivity index (χ1) is 8.66. The number of aromatic nitrogens is 1. The normalized spacial score (nSPS) is 10.3. The lowest BCUT2D eigenvalue weighted by Gasteiger charge is -2.07. The Morgan fingerprint density at radius 1 is 1.33 bits per heavy atom. The molecule has 2 rings (SSSR count). The number of carbonyl (C=O) groups is 1. The smallest absolute Gasteiger partial charge is 0.251 e. The van der Waals surface area contributed by atoms with Gasteiger partial charge in [0.1, 0.15) is 5.75 Å². The van der Waals surface area contributed by atoms with Crippen molar-refractivity contribution in [2.24, 2.45) is 0 Å². The summed E-state index contributed by atoms with van der Waals surface area (Å²) < 4.78 is 2.72. The molecule has 1 heterocycles. The summed E-state index contributed by atoms with van der Waals surface area (Å²) in [5.41, 5.74) is 0.473. The molecule has 5 heteroatoms. The average molecular weight is 356 g/mol. The molecular weight excluding hydrogens is 343 g/mol. The number of halogens is 1. The summed E-state index contributed by atoms with van der Waals surface area (Å²) in [7, 11) is 0. The first kappa shape index (κ1) is 12.9. The Balaban J connectivity index is 1.89. The van der Waals surface area contributed by atoms with Crippen LogP contribution in [0, 0.1) is 3.57 Å². The van der Waals surface area contributed by atoms with Gasteiger partial charge in [-0.25, -0.2) is 0 Å². The number of benzene rings is 1. The fraction of sp³-hybridized carbons (Fsp3) is 0.154. The minimum Gasteiger partial charge on any atom is -0.507 e. The van der Waals surface area contributed by atoms with Crippen LogP contribution in [-0.2, 0) is 6.54 Å². The molecule has 0 fully saturated rings. The van der Waals surface area contributed by atoms with Crippen LogP contribution >= 0.6 is 22.6 Å². The van der Waals surface area contributed by atoms with Crippen LogP contribution < -0.4 is 5.32 Å². The number of amides is 1. The van der Waals surface area contributed by atoms with Gasteiger partial charge in [0.25, 0.3) is 5.91 Å². The van der Waals surface area contributed by atoms with Crippen molar-refractivity contribution >= 4 is 28.5 Å². The Morgan fingerprint density at radius 3 is 2.72 bits per heavy atom. The quantitative estimate of drug-likeness (QED) is 0.826. The van der Waals surface area contributed by atoms with Crippen LogP contribution in [0.25, 0.3) is 0 Å². The lowest BCUT2D eigenvalue weighted by molar-refractivity contribution is 0.0952. The van der Waals surface area contributed by atoms with Crippen LogP contribution in [0.4, 0.5) is 0 Å². The summed E-state index contributed by atoms with van der Waals surface area (Å²) in [5.74, 6) is -0.0393. The first-order valence-electron chi connectivity index (χ1n) is 5.54. The van der Waals surface area contributed by atoms with E-state index in [1.165, 1.54) is 6.07 Å². The standard InChI is InChI=1S/C13H13IN2O2/c14-11-4-3-10(9-12(11)17)13(18)15-5-8-16-6-1-2-7-16/h1-4,6-7,9,17H,5,8H2,(H,15,18). The molecular formula is C13H13IN2O2. The second-order valence-corrected chi connectivity index (χ2v) is 5.01. The van der Waals surface area contributed by atoms with Gasteiger partial charge >= 0.3 is 0 Å². The van der Waals surface area contributed by atoms with Gasteiger partial charge in [-0.05, 0) is 52.9 Å². The number of nitrogens with zero attached hydrogens (tertiary/aromatic N) is 1. The Labute approximate surface area is 119 Å². The van der Waals surface area contributed by atoms with E-state index in [2.05, 4.69) is 5.32 Å². The van der Waals surface area contributed by atoms with E-state index < -0.39 is 0 Å². The molecule has 0 unspecified atom stereocenters. The maximum absolute atomic E-state index is 11.8. The molecule has 2 aromatic rings. The summed E-state index contributed by atoms with van der Waals surface area (Å²) >= 11 is 2.02. The monoisotopic (exact) mass is 356 g/mol. The van der Waals surface area contributed by atoms with Gasteiger partial charge in [0.15, 0.2) is 0 Å². The van der Waals surface area contributed by atoms with E-state index in [4.69, 9.17) is 0 Å². The Morgan fingerprint density at radius 2 is 2.06 bits per heavy atom. The van der Waals surface area contributed by atoms with Crippen molar-refractivity contribution in [2.75, 3.05) is 6.54 Å². The maximum atomic E-state index is 11.8. The molecule has 0 bridgehead atoms. The van der Waals surface area contributed by atoms with E-state index in [0.717, 1.165) is 10.1 Å². The van der Waals surface area contributed by atoms with Gasteiger partial charge in [0.05, 0.1) is 3.57 Å². The third-order valence-electron chi connectivity index (χ3n) is 2.53. The third kappa shape index (κ3) is 3.25. The summed E-state index contributed by atoms with van der Waals surface area (Å²) in [6.07, 6.45) is 3.89. The van der Waals surface area contributed by atoms with Crippen molar-refractivity contribution in [1.82, 2.24) is 9.88 Å². The van der Waals surface area contributed by atoms with Crippen LogP contribution in [-0.4, -0.2) is 22.1 Å². The van der Waals surface area contributed by atoms with Crippen molar-refractivity contribution in [3.63, 3.8) is 0 Å². The highest BCUT2D eigenvalue weighted by atomic mass is 127. The average Bonchev–Trinajstić information content (AvgIpc) is 2.85. The second-order valence-electron chi connectivity index (χ2n) is 3.84. The van der Waals surface area contributed by atoms with Crippen molar-refractivity contribution in [2.45, 2.75) is 6.54 Å². The lowest BCUT2D eigenvalue weighted by Crippen LogP contribution is -2.26. The van der Waals surface area contributed by atoms with Crippen molar-refractivity contribution in [1.29, 1.82) is 0 Å². The predicted octanol–water partition coefficient (Wildman–Crippen LogP) is 2.23. The minimum absolute atomic E-state index is 0.133. The van der Waals surface area contributed by atoms with Gasteiger partial charge in [-0.1, -0.05) is 0 Å². The summed E-state index contributed by atoms with van der Waals surface area (Å²) in [6.45, 7) is 1.29. The molecule has 2 N–H and O–H groups in total. The van der Waals surface area contributed by atoms with Gasteiger partial charge in [0, 0.05) is 31.0 Å². The number of hydrogen-bond acceptors (Lipinski definition) is 2. The number of nitrogens with one attached hydrogen (secondary N) is 1. The number of hydrogen-bond donors (Lipinski definition) is 2. The van der Waals surface area contributed by atoms with E-state index in [1.807, 2.05) is 51.7 Å². The Kier molecular flexibility index (Phi) is 4.24. The van der Waals surface area contributed by atoms with E-state index in [0.29, 0.717) is 12.1 Å². The molecule has 0 saturated heterocycles. The van der Waals surface area contributed by atoms with Crippen LogP contribution in [0.5, 0.6) is 5.75 Å². The third-order valence-corrected chi connectivity index (χ3v) is 3.44. The Hall–Kier alpha value is -1.50. The number of phenolic OH excluding ortho intramolecular Hbond substituents is 1. The molecule has 0 aliphatic heterocycles. The zero-order chi connectivity index (χ0) is 13.0. The Bertz CT molecular complexity index is 538. The predicted molar refractivity (Wildman–Crippen MR) is 77.6 cm³/mol. The van der Waals surface area contributed by atoms with Crippen LogP contribution in [0.2, 0.25) is 0 Å². The highest BCUT2D eigenvalue weighted by Crippen LogP contribution is 2.20. The minimum atomic E-state index is -0.172. The molecule has 94 valence electrons. The molecule has 0 aliphatic carbocycles. The SMILES string of the molecule is O=C(NCCn1cccc1)c1ccc(I)c(O)c1. The van der Waals surface area contributed by atoms with Gasteiger partial charge < -0.3 is 15.0 Å². The van der Waals surface area contributed by atoms with E-state index in [1.54, 1.807) is 12.1 Å². The fourth-order valence-corrected chi connectivity index (χ4v) is 1.91. The highest BCUT2D eigenvalue weighted by molar-refractivity contribution is 14.1. The molecule has 0 spiro atoms. The van der Waals surface area contributed by atoms with Crippen molar-refractivity contribution < 1.29 is 9.90 Å². The molecule has 0 atom stereocenters. The highest BCUT2D eigenvalue weighted by Gasteiger charge is 2.07. The number of phenols is 1. The van der Waals surface area contributed by atoms with Gasteiger partial charge in [-0.3, -0.25) is 4.79 Å².